The average Bonchev–Trinajstić information content (AvgIpc) is 2.78. The number of anilines is 1. The van der Waals surface area contributed by atoms with Crippen molar-refractivity contribution >= 4 is 58.9 Å². The number of hydrogen-bond acceptors (Lipinski definition) is 4. The van der Waals surface area contributed by atoms with Crippen LogP contribution < -0.4 is 4.72 Å². The van der Waals surface area contributed by atoms with Gasteiger partial charge in [-0.15, -0.1) is 11.3 Å². The zero-order valence-electron chi connectivity index (χ0n) is 10.7. The number of benzene rings is 1. The third-order valence-corrected chi connectivity index (χ3v) is 6.87. The van der Waals surface area contributed by atoms with E-state index >= 15 is 0 Å². The molecule has 0 radical (unpaired) electrons. The van der Waals surface area contributed by atoms with Gasteiger partial charge < -0.3 is 5.11 Å². The Balaban J connectivity index is 2.42. The molecule has 0 saturated heterocycles. The van der Waals surface area contributed by atoms with Crippen molar-refractivity contribution in [2.75, 3.05) is 4.72 Å². The Morgan fingerprint density at radius 2 is 2.00 bits per heavy atom. The van der Waals surface area contributed by atoms with Crippen LogP contribution in [0.25, 0.3) is 0 Å². The first-order valence-corrected chi connectivity index (χ1v) is 9.50. The van der Waals surface area contributed by atoms with E-state index in [0.717, 1.165) is 17.4 Å². The normalized spacial score (nSPS) is 11.7. The Labute approximate surface area is 142 Å². The van der Waals surface area contributed by atoms with Gasteiger partial charge in [-0.05, 0) is 62.5 Å². The number of thiophene rings is 1. The number of halogens is 3. The van der Waals surface area contributed by atoms with Gasteiger partial charge in [0.25, 0.3) is 10.0 Å². The maximum absolute atomic E-state index is 13.6. The minimum Gasteiger partial charge on any atom is -0.391 e. The Morgan fingerprint density at radius 3 is 2.57 bits per heavy atom. The zero-order chi connectivity index (χ0) is 15.8. The average molecular weight is 459 g/mol. The van der Waals surface area contributed by atoms with Gasteiger partial charge in [0.05, 0.1) is 20.6 Å². The SMILES string of the molecule is Cc1cc(Br)c(F)cc1NS(=O)(=O)c1cc(CO)sc1Br. The molecule has 4 nitrogen and oxygen atoms in total. The number of aliphatic hydroxyl groups excluding tert-OH is 1. The lowest BCUT2D eigenvalue weighted by Crippen LogP contribution is -2.13. The van der Waals surface area contributed by atoms with Crippen molar-refractivity contribution in [3.05, 3.63) is 42.7 Å². The molecule has 0 saturated carbocycles. The highest BCUT2D eigenvalue weighted by molar-refractivity contribution is 9.11. The predicted octanol–water partition coefficient (Wildman–Crippen LogP) is 4.01. The summed E-state index contributed by atoms with van der Waals surface area (Å²) in [7, 11) is -3.86. The summed E-state index contributed by atoms with van der Waals surface area (Å²) in [6.45, 7) is 1.43. The van der Waals surface area contributed by atoms with E-state index in [1.54, 1.807) is 6.92 Å². The molecule has 21 heavy (non-hydrogen) atoms. The highest BCUT2D eigenvalue weighted by Crippen LogP contribution is 2.33. The van der Waals surface area contributed by atoms with Gasteiger partial charge in [-0.2, -0.15) is 0 Å². The first-order chi connectivity index (χ1) is 9.74. The van der Waals surface area contributed by atoms with E-state index in [4.69, 9.17) is 5.11 Å². The van der Waals surface area contributed by atoms with Gasteiger partial charge in [0.15, 0.2) is 0 Å². The van der Waals surface area contributed by atoms with E-state index in [2.05, 4.69) is 36.6 Å². The van der Waals surface area contributed by atoms with Crippen LogP contribution in [-0.4, -0.2) is 13.5 Å². The van der Waals surface area contributed by atoms with Gasteiger partial charge >= 0.3 is 0 Å². The number of nitrogens with one attached hydrogen (secondary N) is 1. The van der Waals surface area contributed by atoms with Crippen LogP contribution in [0.4, 0.5) is 10.1 Å². The predicted molar refractivity (Wildman–Crippen MR) is 87.6 cm³/mol. The molecule has 2 aromatic rings. The van der Waals surface area contributed by atoms with Crippen LogP contribution in [-0.2, 0) is 16.6 Å². The van der Waals surface area contributed by atoms with Gasteiger partial charge in [-0.25, -0.2) is 12.8 Å². The number of rotatable bonds is 4. The molecule has 1 aromatic heterocycles. The third kappa shape index (κ3) is 3.65. The Morgan fingerprint density at radius 1 is 1.33 bits per heavy atom. The zero-order valence-corrected chi connectivity index (χ0v) is 15.5. The fourth-order valence-corrected chi connectivity index (χ4v) is 5.74. The topological polar surface area (TPSA) is 66.4 Å². The molecule has 0 amide bonds. The highest BCUT2D eigenvalue weighted by atomic mass is 79.9. The summed E-state index contributed by atoms with van der Waals surface area (Å²) >= 11 is 7.33. The highest BCUT2D eigenvalue weighted by Gasteiger charge is 2.22. The Kier molecular flexibility index (Phi) is 5.09. The van der Waals surface area contributed by atoms with E-state index in [1.165, 1.54) is 12.1 Å². The van der Waals surface area contributed by atoms with Crippen molar-refractivity contribution in [2.24, 2.45) is 0 Å². The summed E-state index contributed by atoms with van der Waals surface area (Å²) in [5, 5.41) is 9.06. The molecule has 114 valence electrons. The maximum atomic E-state index is 13.6. The van der Waals surface area contributed by atoms with Crippen LogP contribution in [0.3, 0.4) is 0 Å². The van der Waals surface area contributed by atoms with Gasteiger partial charge in [0.2, 0.25) is 0 Å². The van der Waals surface area contributed by atoms with Crippen LogP contribution in [0.1, 0.15) is 10.4 Å². The minimum absolute atomic E-state index is 0.0132. The number of aryl methyl sites for hydroxylation is 1. The first-order valence-electron chi connectivity index (χ1n) is 5.62. The summed E-state index contributed by atoms with van der Waals surface area (Å²) < 4.78 is 41.3. The third-order valence-electron chi connectivity index (χ3n) is 2.66. The molecule has 1 heterocycles. The molecule has 9 heteroatoms. The van der Waals surface area contributed by atoms with Crippen LogP contribution >= 0.6 is 43.2 Å². The lowest BCUT2D eigenvalue weighted by atomic mass is 10.2. The Hall–Kier alpha value is -0.480. The van der Waals surface area contributed by atoms with E-state index in [-0.39, 0.29) is 21.7 Å². The quantitative estimate of drug-likeness (QED) is 0.727. The molecule has 0 aliphatic rings. The molecule has 2 N–H and O–H groups in total. The van der Waals surface area contributed by atoms with Crippen LogP contribution in [0.15, 0.2) is 31.4 Å². The second-order valence-electron chi connectivity index (χ2n) is 4.20. The van der Waals surface area contributed by atoms with Crippen LogP contribution in [0.2, 0.25) is 0 Å². The molecular formula is C12H10Br2FNO3S2. The monoisotopic (exact) mass is 457 g/mol. The summed E-state index contributed by atoms with van der Waals surface area (Å²) in [6.07, 6.45) is 0. The van der Waals surface area contributed by atoms with E-state index in [0.29, 0.717) is 14.2 Å². The van der Waals surface area contributed by atoms with Gasteiger partial charge in [-0.3, -0.25) is 4.72 Å². The van der Waals surface area contributed by atoms with E-state index in [1.807, 2.05) is 0 Å². The molecular weight excluding hydrogens is 449 g/mol. The van der Waals surface area contributed by atoms with Crippen LogP contribution in [0.5, 0.6) is 0 Å². The minimum atomic E-state index is -3.86. The van der Waals surface area contributed by atoms with Gasteiger partial charge in [0.1, 0.15) is 10.7 Å². The summed E-state index contributed by atoms with van der Waals surface area (Å²) in [4.78, 5) is 0.528. The molecule has 0 aliphatic heterocycles. The molecule has 0 spiro atoms. The standard InChI is InChI=1S/C12H10Br2FNO3S2/c1-6-2-8(13)9(15)4-10(6)16-21(18,19)11-3-7(5-17)20-12(11)14/h2-4,16-17H,5H2,1H3. The lowest BCUT2D eigenvalue weighted by molar-refractivity contribution is 0.285. The van der Waals surface area contributed by atoms with Crippen molar-refractivity contribution in [1.82, 2.24) is 0 Å². The summed E-state index contributed by atoms with van der Waals surface area (Å²) in [5.74, 6) is -0.557. The molecule has 0 aliphatic carbocycles. The lowest BCUT2D eigenvalue weighted by Gasteiger charge is -2.11. The number of sulfonamides is 1. The molecule has 0 bridgehead atoms. The Bertz CT molecular complexity index is 790. The fourth-order valence-electron chi connectivity index (χ4n) is 1.61. The largest absolute Gasteiger partial charge is 0.391 e. The van der Waals surface area contributed by atoms with Crippen molar-refractivity contribution in [3.8, 4) is 0 Å². The molecule has 1 aromatic carbocycles. The number of aliphatic hydroxyl groups is 1. The van der Waals surface area contributed by atoms with E-state index < -0.39 is 15.8 Å². The van der Waals surface area contributed by atoms with Crippen molar-refractivity contribution in [1.29, 1.82) is 0 Å². The maximum Gasteiger partial charge on any atom is 0.263 e. The second-order valence-corrected chi connectivity index (χ2v) is 9.16. The first kappa shape index (κ1) is 16.9. The molecule has 0 fully saturated rings. The summed E-state index contributed by atoms with van der Waals surface area (Å²) in [5.41, 5.74) is 0.750. The fraction of sp³-hybridized carbons (Fsp3) is 0.167. The van der Waals surface area contributed by atoms with Crippen molar-refractivity contribution in [2.45, 2.75) is 18.4 Å². The van der Waals surface area contributed by atoms with Crippen LogP contribution in [0, 0.1) is 12.7 Å². The van der Waals surface area contributed by atoms with Crippen molar-refractivity contribution in [3.63, 3.8) is 0 Å². The molecule has 0 unspecified atom stereocenters. The van der Waals surface area contributed by atoms with Gasteiger partial charge in [-0.1, -0.05) is 0 Å². The van der Waals surface area contributed by atoms with E-state index in [9.17, 15) is 12.8 Å². The van der Waals surface area contributed by atoms with Gasteiger partial charge in [0, 0.05) is 4.88 Å². The number of hydrogen-bond donors (Lipinski definition) is 2. The second kappa shape index (κ2) is 6.33. The molecule has 0 atom stereocenters. The summed E-state index contributed by atoms with van der Waals surface area (Å²) in [6, 6.07) is 3.99. The molecule has 2 rings (SSSR count). The smallest absolute Gasteiger partial charge is 0.263 e. The van der Waals surface area contributed by atoms with Crippen molar-refractivity contribution < 1.29 is 17.9 Å².